The van der Waals surface area contributed by atoms with E-state index in [4.69, 9.17) is 22.1 Å². The Kier molecular flexibility index (Phi) is 4.33. The van der Waals surface area contributed by atoms with Crippen molar-refractivity contribution in [3.05, 3.63) is 34.9 Å². The van der Waals surface area contributed by atoms with Gasteiger partial charge in [0.25, 0.3) is 0 Å². The Hall–Kier alpha value is -1.06. The van der Waals surface area contributed by atoms with Crippen LogP contribution in [0.5, 0.6) is 0 Å². The molecule has 88 valence electrons. The van der Waals surface area contributed by atoms with Crippen molar-refractivity contribution >= 4 is 17.6 Å². The number of nitrogens with two attached hydrogens (primary N) is 1. The fraction of sp³-hybridized carbons (Fsp3) is 0.417. The van der Waals surface area contributed by atoms with Crippen LogP contribution < -0.4 is 5.73 Å². The maximum absolute atomic E-state index is 11.1. The van der Waals surface area contributed by atoms with E-state index in [0.29, 0.717) is 11.4 Å². The second-order valence-electron chi connectivity index (χ2n) is 4.24. The summed E-state index contributed by atoms with van der Waals surface area (Å²) >= 11 is 5.79. The molecule has 0 atom stereocenters. The van der Waals surface area contributed by atoms with Crippen LogP contribution in [-0.2, 0) is 16.0 Å². The summed E-state index contributed by atoms with van der Waals surface area (Å²) in [5.74, 6) is -0.390. The van der Waals surface area contributed by atoms with Crippen LogP contribution in [0, 0.1) is 0 Å². The summed E-state index contributed by atoms with van der Waals surface area (Å²) in [4.78, 5) is 11.1. The molecule has 1 aromatic rings. The first-order valence-corrected chi connectivity index (χ1v) is 5.47. The van der Waals surface area contributed by atoms with Crippen molar-refractivity contribution in [2.75, 3.05) is 6.54 Å². The molecule has 0 aliphatic heterocycles. The minimum atomic E-state index is -0.551. The van der Waals surface area contributed by atoms with E-state index in [1.165, 1.54) is 0 Å². The standard InChI is InChI=1S/C12H16ClNO2/c1-12(2,16-11(15)8-14)7-9-3-5-10(13)6-4-9/h3-6H,7-8,14H2,1-2H3. The van der Waals surface area contributed by atoms with Gasteiger partial charge in [0, 0.05) is 11.4 Å². The SMILES string of the molecule is CC(C)(Cc1ccc(Cl)cc1)OC(=O)CN. The summed E-state index contributed by atoms with van der Waals surface area (Å²) in [6, 6.07) is 7.47. The zero-order valence-corrected chi connectivity index (χ0v) is 10.3. The summed E-state index contributed by atoms with van der Waals surface area (Å²) < 4.78 is 5.22. The first-order chi connectivity index (χ1) is 7.43. The van der Waals surface area contributed by atoms with Gasteiger partial charge < -0.3 is 10.5 Å². The lowest BCUT2D eigenvalue weighted by atomic mass is 9.98. The second kappa shape index (κ2) is 5.32. The van der Waals surface area contributed by atoms with Crippen LogP contribution in [0.1, 0.15) is 19.4 Å². The van der Waals surface area contributed by atoms with E-state index >= 15 is 0 Å². The quantitative estimate of drug-likeness (QED) is 0.822. The average molecular weight is 242 g/mol. The predicted octanol–water partition coefficient (Wildman–Crippen LogP) is 2.16. The molecule has 1 rings (SSSR count). The maximum atomic E-state index is 11.1. The Labute approximate surface area is 101 Å². The summed E-state index contributed by atoms with van der Waals surface area (Å²) in [5, 5.41) is 0.695. The molecule has 2 N–H and O–H groups in total. The van der Waals surface area contributed by atoms with Crippen LogP contribution in [0.4, 0.5) is 0 Å². The lowest BCUT2D eigenvalue weighted by molar-refractivity contribution is -0.154. The van der Waals surface area contributed by atoms with Crippen LogP contribution in [-0.4, -0.2) is 18.1 Å². The van der Waals surface area contributed by atoms with Crippen LogP contribution >= 0.6 is 11.6 Å². The highest BCUT2D eigenvalue weighted by Crippen LogP contribution is 2.18. The van der Waals surface area contributed by atoms with Gasteiger partial charge in [-0.05, 0) is 31.5 Å². The lowest BCUT2D eigenvalue weighted by Crippen LogP contribution is -2.33. The number of hydrogen-bond acceptors (Lipinski definition) is 3. The fourth-order valence-electron chi connectivity index (χ4n) is 1.48. The van der Waals surface area contributed by atoms with Gasteiger partial charge in [0.15, 0.2) is 0 Å². The Morgan fingerprint density at radius 3 is 2.44 bits per heavy atom. The molecule has 0 saturated carbocycles. The average Bonchev–Trinajstić information content (AvgIpc) is 2.20. The lowest BCUT2D eigenvalue weighted by Gasteiger charge is -2.25. The molecule has 0 radical (unpaired) electrons. The number of rotatable bonds is 4. The van der Waals surface area contributed by atoms with Crippen LogP contribution in [0.25, 0.3) is 0 Å². The molecule has 0 spiro atoms. The first kappa shape index (κ1) is 13.0. The Morgan fingerprint density at radius 2 is 1.94 bits per heavy atom. The van der Waals surface area contributed by atoms with Crippen molar-refractivity contribution < 1.29 is 9.53 Å². The largest absolute Gasteiger partial charge is 0.458 e. The Morgan fingerprint density at radius 1 is 1.38 bits per heavy atom. The highest BCUT2D eigenvalue weighted by Gasteiger charge is 2.22. The number of ether oxygens (including phenoxy) is 1. The van der Waals surface area contributed by atoms with Gasteiger partial charge in [0.2, 0.25) is 0 Å². The molecule has 0 aliphatic carbocycles. The molecule has 4 heteroatoms. The molecule has 0 aromatic heterocycles. The van der Waals surface area contributed by atoms with Crippen molar-refractivity contribution in [2.24, 2.45) is 5.73 Å². The van der Waals surface area contributed by atoms with E-state index in [1.54, 1.807) is 0 Å². The van der Waals surface area contributed by atoms with Crippen molar-refractivity contribution in [1.82, 2.24) is 0 Å². The molecule has 0 unspecified atom stereocenters. The molecule has 0 fully saturated rings. The number of carbonyl (C=O) groups is 1. The highest BCUT2D eigenvalue weighted by atomic mass is 35.5. The molecule has 16 heavy (non-hydrogen) atoms. The molecule has 3 nitrogen and oxygen atoms in total. The molecule has 0 heterocycles. The van der Waals surface area contributed by atoms with Gasteiger partial charge in [0.1, 0.15) is 5.60 Å². The third kappa shape index (κ3) is 4.21. The van der Waals surface area contributed by atoms with Gasteiger partial charge in [-0.1, -0.05) is 23.7 Å². The molecule has 1 aromatic carbocycles. The molecular formula is C12H16ClNO2. The van der Waals surface area contributed by atoms with Crippen molar-refractivity contribution in [3.8, 4) is 0 Å². The molecular weight excluding hydrogens is 226 g/mol. The second-order valence-corrected chi connectivity index (χ2v) is 4.68. The fourth-order valence-corrected chi connectivity index (χ4v) is 1.61. The highest BCUT2D eigenvalue weighted by molar-refractivity contribution is 6.30. The number of halogens is 1. The number of benzene rings is 1. The van der Waals surface area contributed by atoms with Crippen molar-refractivity contribution in [3.63, 3.8) is 0 Å². The summed E-state index contributed by atoms with van der Waals surface area (Å²) in [6.45, 7) is 3.62. The van der Waals surface area contributed by atoms with Gasteiger partial charge in [-0.2, -0.15) is 0 Å². The van der Waals surface area contributed by atoms with E-state index in [-0.39, 0.29) is 12.5 Å². The number of hydrogen-bond donors (Lipinski definition) is 1. The molecule has 0 saturated heterocycles. The number of esters is 1. The van der Waals surface area contributed by atoms with Gasteiger partial charge in [-0.25, -0.2) is 0 Å². The van der Waals surface area contributed by atoms with E-state index in [9.17, 15) is 4.79 Å². The van der Waals surface area contributed by atoms with Gasteiger partial charge in [0.05, 0.1) is 6.54 Å². The van der Waals surface area contributed by atoms with Crippen LogP contribution in [0.15, 0.2) is 24.3 Å². The zero-order valence-electron chi connectivity index (χ0n) is 9.50. The maximum Gasteiger partial charge on any atom is 0.320 e. The molecule has 0 amide bonds. The normalized spacial score (nSPS) is 11.2. The Bertz CT molecular complexity index is 360. The van der Waals surface area contributed by atoms with E-state index in [0.717, 1.165) is 5.56 Å². The predicted molar refractivity (Wildman–Crippen MR) is 64.4 cm³/mol. The van der Waals surface area contributed by atoms with Crippen molar-refractivity contribution in [2.45, 2.75) is 25.9 Å². The minimum Gasteiger partial charge on any atom is -0.458 e. The summed E-state index contributed by atoms with van der Waals surface area (Å²) in [5.41, 5.74) is 5.72. The van der Waals surface area contributed by atoms with Gasteiger partial charge in [-0.3, -0.25) is 4.79 Å². The van der Waals surface area contributed by atoms with E-state index in [2.05, 4.69) is 0 Å². The third-order valence-corrected chi connectivity index (χ3v) is 2.35. The molecule has 0 aliphatic rings. The van der Waals surface area contributed by atoms with E-state index in [1.807, 2.05) is 38.1 Å². The first-order valence-electron chi connectivity index (χ1n) is 5.09. The van der Waals surface area contributed by atoms with Crippen LogP contribution in [0.2, 0.25) is 5.02 Å². The zero-order chi connectivity index (χ0) is 12.2. The van der Waals surface area contributed by atoms with Crippen LogP contribution in [0.3, 0.4) is 0 Å². The molecule has 0 bridgehead atoms. The third-order valence-electron chi connectivity index (χ3n) is 2.10. The minimum absolute atomic E-state index is 0.0932. The topological polar surface area (TPSA) is 52.3 Å². The summed E-state index contributed by atoms with van der Waals surface area (Å²) in [6.07, 6.45) is 0.635. The Balaban J connectivity index is 2.64. The van der Waals surface area contributed by atoms with E-state index < -0.39 is 5.60 Å². The number of carbonyl (C=O) groups excluding carboxylic acids is 1. The van der Waals surface area contributed by atoms with Gasteiger partial charge >= 0.3 is 5.97 Å². The summed E-state index contributed by atoms with van der Waals surface area (Å²) in [7, 11) is 0. The monoisotopic (exact) mass is 241 g/mol. The smallest absolute Gasteiger partial charge is 0.320 e. The van der Waals surface area contributed by atoms with Crippen molar-refractivity contribution in [1.29, 1.82) is 0 Å². The van der Waals surface area contributed by atoms with Gasteiger partial charge in [-0.15, -0.1) is 0 Å².